The van der Waals surface area contributed by atoms with Gasteiger partial charge in [-0.1, -0.05) is 18.2 Å². The summed E-state index contributed by atoms with van der Waals surface area (Å²) in [6.07, 6.45) is 1.72. The number of hydrogen-bond acceptors (Lipinski definition) is 7. The Kier molecular flexibility index (Phi) is 8.07. The molecule has 9 nitrogen and oxygen atoms in total. The second-order valence-corrected chi connectivity index (χ2v) is 9.00. The highest BCUT2D eigenvalue weighted by molar-refractivity contribution is 7.89. The Bertz CT molecular complexity index is 947. The molecule has 1 saturated heterocycles. The van der Waals surface area contributed by atoms with E-state index in [0.29, 0.717) is 44.3 Å². The van der Waals surface area contributed by atoms with Crippen LogP contribution in [0.3, 0.4) is 0 Å². The minimum Gasteiger partial charge on any atom is -0.490 e. The molecule has 0 unspecified atom stereocenters. The Morgan fingerprint density at radius 3 is 2.35 bits per heavy atom. The van der Waals surface area contributed by atoms with Crippen LogP contribution in [-0.2, 0) is 14.8 Å². The zero-order chi connectivity index (χ0) is 22.1. The molecule has 0 aliphatic carbocycles. The van der Waals surface area contributed by atoms with Crippen molar-refractivity contribution in [2.45, 2.75) is 6.92 Å². The average molecular weight is 449 g/mol. The van der Waals surface area contributed by atoms with E-state index in [9.17, 15) is 13.2 Å². The number of nitrogens with one attached hydrogen (secondary N) is 1. The highest BCUT2D eigenvalue weighted by Crippen LogP contribution is 2.26. The number of aromatic nitrogens is 1. The zero-order valence-corrected chi connectivity index (χ0v) is 18.4. The predicted octanol–water partition coefficient (Wildman–Crippen LogP) is 1.13. The molecule has 1 aromatic carbocycles. The van der Waals surface area contributed by atoms with Crippen molar-refractivity contribution in [2.24, 2.45) is 0 Å². The number of anilines is 1. The number of carbonyl (C=O) groups is 1. The molecule has 0 bridgehead atoms. The largest absolute Gasteiger partial charge is 0.490 e. The smallest absolute Gasteiger partial charge is 0.257 e. The Labute approximate surface area is 183 Å². The molecule has 1 aromatic heterocycles. The maximum atomic E-state index is 12.6. The number of nitrogens with zero attached hydrogens (tertiary/aromatic N) is 3. The van der Waals surface area contributed by atoms with E-state index in [2.05, 4.69) is 15.2 Å². The molecule has 2 aromatic rings. The van der Waals surface area contributed by atoms with E-state index in [-0.39, 0.29) is 24.8 Å². The lowest BCUT2D eigenvalue weighted by atomic mass is 10.3. The first-order valence-electron chi connectivity index (χ1n) is 10.2. The third-order valence-corrected chi connectivity index (χ3v) is 6.67. The van der Waals surface area contributed by atoms with Crippen molar-refractivity contribution in [1.82, 2.24) is 14.6 Å². The van der Waals surface area contributed by atoms with Gasteiger partial charge >= 0.3 is 0 Å². The summed E-state index contributed by atoms with van der Waals surface area (Å²) in [6.45, 7) is 4.10. The van der Waals surface area contributed by atoms with Crippen LogP contribution in [0.2, 0.25) is 0 Å². The monoisotopic (exact) mass is 448 g/mol. The van der Waals surface area contributed by atoms with Crippen molar-refractivity contribution < 1.29 is 22.7 Å². The van der Waals surface area contributed by atoms with E-state index < -0.39 is 10.0 Å². The standard InChI is InChI=1S/C21H28N4O5S/c1-2-29-18-7-3-4-8-19(18)30-17-21(26)23-11-16-31(27,28)25-14-12-24(13-15-25)20-9-5-6-10-22-20/h3-10H,2,11-17H2,1H3,(H,23,26). The number of ether oxygens (including phenoxy) is 2. The molecule has 0 spiro atoms. The van der Waals surface area contributed by atoms with Crippen LogP contribution in [0.5, 0.6) is 11.5 Å². The van der Waals surface area contributed by atoms with Crippen molar-refractivity contribution >= 4 is 21.7 Å². The van der Waals surface area contributed by atoms with Crippen LogP contribution in [0.15, 0.2) is 48.7 Å². The van der Waals surface area contributed by atoms with Crippen LogP contribution < -0.4 is 19.7 Å². The molecule has 1 fully saturated rings. The molecule has 0 atom stereocenters. The van der Waals surface area contributed by atoms with Gasteiger partial charge in [0.05, 0.1) is 12.4 Å². The van der Waals surface area contributed by atoms with Gasteiger partial charge < -0.3 is 19.7 Å². The van der Waals surface area contributed by atoms with Crippen LogP contribution in [-0.4, -0.2) is 75.3 Å². The van der Waals surface area contributed by atoms with Gasteiger partial charge in [-0.25, -0.2) is 13.4 Å². The van der Waals surface area contributed by atoms with E-state index in [0.717, 1.165) is 5.82 Å². The summed E-state index contributed by atoms with van der Waals surface area (Å²) in [6, 6.07) is 12.8. The van der Waals surface area contributed by atoms with Gasteiger partial charge in [-0.15, -0.1) is 0 Å². The third-order valence-electron chi connectivity index (χ3n) is 4.80. The van der Waals surface area contributed by atoms with Crippen LogP contribution >= 0.6 is 0 Å². The molecule has 2 heterocycles. The van der Waals surface area contributed by atoms with Crippen molar-refractivity contribution in [2.75, 3.05) is 56.6 Å². The number of hydrogen-bond donors (Lipinski definition) is 1. The first-order valence-corrected chi connectivity index (χ1v) is 11.9. The van der Waals surface area contributed by atoms with Gasteiger partial charge in [0.2, 0.25) is 10.0 Å². The topological polar surface area (TPSA) is 101 Å². The SMILES string of the molecule is CCOc1ccccc1OCC(=O)NCCS(=O)(=O)N1CCN(c2ccccn2)CC1. The van der Waals surface area contributed by atoms with E-state index in [4.69, 9.17) is 9.47 Å². The summed E-state index contributed by atoms with van der Waals surface area (Å²) in [5.74, 6) is 1.33. The molecule has 10 heteroatoms. The summed E-state index contributed by atoms with van der Waals surface area (Å²) in [5, 5.41) is 2.60. The number of benzene rings is 1. The number of piperazine rings is 1. The minimum atomic E-state index is -3.46. The van der Waals surface area contributed by atoms with Gasteiger partial charge in [0.25, 0.3) is 5.91 Å². The summed E-state index contributed by atoms with van der Waals surface area (Å²) >= 11 is 0. The minimum absolute atomic E-state index is 0.0259. The summed E-state index contributed by atoms with van der Waals surface area (Å²) in [4.78, 5) is 18.4. The molecule has 31 heavy (non-hydrogen) atoms. The lowest BCUT2D eigenvalue weighted by Gasteiger charge is -2.34. The molecule has 1 aliphatic rings. The Balaban J connectivity index is 1.40. The molecule has 168 valence electrons. The number of amides is 1. The van der Waals surface area contributed by atoms with Gasteiger partial charge in [0.1, 0.15) is 5.82 Å². The Hall–Kier alpha value is -2.85. The van der Waals surface area contributed by atoms with Crippen LogP contribution in [0.25, 0.3) is 0 Å². The van der Waals surface area contributed by atoms with E-state index in [1.807, 2.05) is 31.2 Å². The second kappa shape index (κ2) is 11.0. The fraction of sp³-hybridized carbons (Fsp3) is 0.429. The number of rotatable bonds is 10. The van der Waals surface area contributed by atoms with Gasteiger partial charge in [0, 0.05) is 38.9 Å². The Morgan fingerprint density at radius 1 is 1.03 bits per heavy atom. The van der Waals surface area contributed by atoms with Gasteiger partial charge in [-0.2, -0.15) is 4.31 Å². The molecular weight excluding hydrogens is 420 g/mol. The first-order chi connectivity index (χ1) is 15.0. The van der Waals surface area contributed by atoms with Gasteiger partial charge in [-0.05, 0) is 31.2 Å². The van der Waals surface area contributed by atoms with Crippen LogP contribution in [0, 0.1) is 0 Å². The normalized spacial score (nSPS) is 14.8. The molecule has 1 amide bonds. The summed E-state index contributed by atoms with van der Waals surface area (Å²) < 4.78 is 37.6. The van der Waals surface area contributed by atoms with Crippen molar-refractivity contribution in [3.63, 3.8) is 0 Å². The van der Waals surface area contributed by atoms with Crippen molar-refractivity contribution in [3.05, 3.63) is 48.7 Å². The molecular formula is C21H28N4O5S. The number of pyridine rings is 1. The maximum absolute atomic E-state index is 12.6. The van der Waals surface area contributed by atoms with Crippen LogP contribution in [0.4, 0.5) is 5.82 Å². The first kappa shape index (κ1) is 22.8. The molecule has 3 rings (SSSR count). The maximum Gasteiger partial charge on any atom is 0.257 e. The molecule has 1 aliphatic heterocycles. The fourth-order valence-electron chi connectivity index (χ4n) is 3.22. The third kappa shape index (κ3) is 6.56. The molecule has 1 N–H and O–H groups in total. The van der Waals surface area contributed by atoms with E-state index >= 15 is 0 Å². The number of para-hydroxylation sites is 2. The van der Waals surface area contributed by atoms with Crippen molar-refractivity contribution in [1.29, 1.82) is 0 Å². The highest BCUT2D eigenvalue weighted by atomic mass is 32.2. The quantitative estimate of drug-likeness (QED) is 0.581. The lowest BCUT2D eigenvalue weighted by Crippen LogP contribution is -2.50. The zero-order valence-electron chi connectivity index (χ0n) is 17.6. The molecule has 0 saturated carbocycles. The average Bonchev–Trinajstić information content (AvgIpc) is 2.79. The molecule has 0 radical (unpaired) electrons. The number of sulfonamides is 1. The lowest BCUT2D eigenvalue weighted by molar-refractivity contribution is -0.122. The highest BCUT2D eigenvalue weighted by Gasteiger charge is 2.27. The fourth-order valence-corrected chi connectivity index (χ4v) is 4.56. The van der Waals surface area contributed by atoms with Gasteiger partial charge in [0.15, 0.2) is 18.1 Å². The van der Waals surface area contributed by atoms with Crippen LogP contribution in [0.1, 0.15) is 6.92 Å². The van der Waals surface area contributed by atoms with E-state index in [1.165, 1.54) is 4.31 Å². The predicted molar refractivity (Wildman–Crippen MR) is 118 cm³/mol. The van der Waals surface area contributed by atoms with Crippen molar-refractivity contribution in [3.8, 4) is 11.5 Å². The Morgan fingerprint density at radius 2 is 1.71 bits per heavy atom. The summed E-state index contributed by atoms with van der Waals surface area (Å²) in [7, 11) is -3.46. The summed E-state index contributed by atoms with van der Waals surface area (Å²) in [5.41, 5.74) is 0. The van der Waals surface area contributed by atoms with Gasteiger partial charge in [-0.3, -0.25) is 4.79 Å². The van der Waals surface area contributed by atoms with E-state index in [1.54, 1.807) is 24.4 Å². The second-order valence-electron chi connectivity index (χ2n) is 6.91. The number of carbonyl (C=O) groups excluding carboxylic acids is 1.